The van der Waals surface area contributed by atoms with Crippen LogP contribution in [0.5, 0.6) is 0 Å². The number of aromatic nitrogens is 1. The first-order chi connectivity index (χ1) is 10.2. The van der Waals surface area contributed by atoms with Gasteiger partial charge in [0.15, 0.2) is 0 Å². The smallest absolute Gasteiger partial charge is 0.0481 e. The Kier molecular flexibility index (Phi) is 4.00. The fraction of sp³-hybridized carbons (Fsp3) is 0.222. The number of benzene rings is 2. The molecule has 2 aromatic carbocycles. The molecule has 0 bridgehead atoms. The van der Waals surface area contributed by atoms with Gasteiger partial charge in [-0.15, -0.1) is 0 Å². The molecule has 0 spiro atoms. The van der Waals surface area contributed by atoms with Gasteiger partial charge in [-0.2, -0.15) is 0 Å². The quantitative estimate of drug-likeness (QED) is 0.740. The molecule has 1 atom stereocenters. The largest absolute Gasteiger partial charge is 0.350 e. The van der Waals surface area contributed by atoms with Gasteiger partial charge >= 0.3 is 0 Å². The zero-order chi connectivity index (χ0) is 14.8. The molecule has 1 aromatic heterocycles. The van der Waals surface area contributed by atoms with Crippen LogP contribution in [-0.4, -0.2) is 4.57 Å². The second-order valence-electron chi connectivity index (χ2n) is 5.41. The Hall–Kier alpha value is -1.77. The first-order valence-corrected chi connectivity index (χ1v) is 7.55. The normalized spacial score (nSPS) is 12.7. The molecule has 3 rings (SSSR count). The minimum atomic E-state index is 0.220. The van der Waals surface area contributed by atoms with E-state index < -0.39 is 0 Å². The van der Waals surface area contributed by atoms with Gasteiger partial charge in [0.1, 0.15) is 0 Å². The van der Waals surface area contributed by atoms with Gasteiger partial charge in [0, 0.05) is 41.8 Å². The van der Waals surface area contributed by atoms with Gasteiger partial charge in [0.2, 0.25) is 0 Å². The third-order valence-corrected chi connectivity index (χ3v) is 4.29. The summed E-state index contributed by atoms with van der Waals surface area (Å²) in [4.78, 5) is 0. The van der Waals surface area contributed by atoms with Crippen molar-refractivity contribution in [2.45, 2.75) is 19.5 Å². The Morgan fingerprint density at radius 3 is 2.62 bits per heavy atom. The molecule has 3 heteroatoms. The van der Waals surface area contributed by atoms with Crippen LogP contribution in [0.2, 0.25) is 5.02 Å². The molecular weight excluding hydrogens is 280 g/mol. The van der Waals surface area contributed by atoms with E-state index in [0.29, 0.717) is 0 Å². The molecule has 2 nitrogen and oxygen atoms in total. The van der Waals surface area contributed by atoms with Crippen LogP contribution < -0.4 is 5.32 Å². The highest BCUT2D eigenvalue weighted by atomic mass is 35.5. The summed E-state index contributed by atoms with van der Waals surface area (Å²) in [5.41, 5.74) is 3.71. The van der Waals surface area contributed by atoms with E-state index in [1.165, 1.54) is 16.5 Å². The average Bonchev–Trinajstić information content (AvgIpc) is 2.82. The number of halogens is 1. The van der Waals surface area contributed by atoms with E-state index in [2.05, 4.69) is 60.4 Å². The number of aryl methyl sites for hydroxylation is 1. The third kappa shape index (κ3) is 2.82. The highest BCUT2D eigenvalue weighted by Crippen LogP contribution is 2.24. The predicted octanol–water partition coefficient (Wildman–Crippen LogP) is 4.68. The molecular formula is C18H19ClN2. The molecule has 0 amide bonds. The van der Waals surface area contributed by atoms with E-state index in [4.69, 9.17) is 11.6 Å². The fourth-order valence-corrected chi connectivity index (χ4v) is 3.07. The van der Waals surface area contributed by atoms with E-state index >= 15 is 0 Å². The van der Waals surface area contributed by atoms with Gasteiger partial charge < -0.3 is 9.88 Å². The number of rotatable bonds is 4. The Morgan fingerprint density at radius 1 is 1.10 bits per heavy atom. The SMILES string of the molecule is C[C@@H](NCc1cn(C)c2ccccc12)c1ccccc1Cl. The number of para-hydroxylation sites is 1. The molecule has 21 heavy (non-hydrogen) atoms. The standard InChI is InChI=1S/C18H19ClN2/c1-13(15-7-3-5-9-17(15)19)20-11-14-12-21(2)18-10-6-4-8-16(14)18/h3-10,12-13,20H,11H2,1-2H3/t13-/m1/s1. The number of hydrogen-bond acceptors (Lipinski definition) is 1. The van der Waals surface area contributed by atoms with Crippen molar-refractivity contribution < 1.29 is 0 Å². The maximum Gasteiger partial charge on any atom is 0.0481 e. The minimum absolute atomic E-state index is 0.220. The average molecular weight is 299 g/mol. The molecule has 0 saturated heterocycles. The van der Waals surface area contributed by atoms with Gasteiger partial charge in [-0.05, 0) is 30.2 Å². The molecule has 0 aliphatic rings. The van der Waals surface area contributed by atoms with Crippen molar-refractivity contribution in [2.24, 2.45) is 7.05 Å². The Morgan fingerprint density at radius 2 is 1.81 bits per heavy atom. The summed E-state index contributed by atoms with van der Waals surface area (Å²) in [5.74, 6) is 0. The van der Waals surface area contributed by atoms with Crippen LogP contribution >= 0.6 is 11.6 Å². The summed E-state index contributed by atoms with van der Waals surface area (Å²) < 4.78 is 2.17. The number of nitrogens with zero attached hydrogens (tertiary/aromatic N) is 1. The van der Waals surface area contributed by atoms with Crippen molar-refractivity contribution in [3.05, 3.63) is 70.9 Å². The summed E-state index contributed by atoms with van der Waals surface area (Å²) in [5, 5.41) is 5.68. The molecule has 3 aromatic rings. The molecule has 0 aliphatic heterocycles. The third-order valence-electron chi connectivity index (χ3n) is 3.95. The van der Waals surface area contributed by atoms with Crippen LogP contribution in [0.4, 0.5) is 0 Å². The van der Waals surface area contributed by atoms with E-state index in [-0.39, 0.29) is 6.04 Å². The lowest BCUT2D eigenvalue weighted by Gasteiger charge is -2.15. The molecule has 1 N–H and O–H groups in total. The Labute approximate surface area is 130 Å². The summed E-state index contributed by atoms with van der Waals surface area (Å²) in [6, 6.07) is 16.7. The first-order valence-electron chi connectivity index (χ1n) is 7.17. The van der Waals surface area contributed by atoms with Crippen molar-refractivity contribution in [1.29, 1.82) is 0 Å². The van der Waals surface area contributed by atoms with Crippen molar-refractivity contribution in [2.75, 3.05) is 0 Å². The van der Waals surface area contributed by atoms with Gasteiger partial charge in [-0.1, -0.05) is 48.0 Å². The predicted molar refractivity (Wildman–Crippen MR) is 89.6 cm³/mol. The van der Waals surface area contributed by atoms with E-state index in [0.717, 1.165) is 17.1 Å². The molecule has 0 radical (unpaired) electrons. The van der Waals surface area contributed by atoms with Gasteiger partial charge in [-0.3, -0.25) is 0 Å². The lowest BCUT2D eigenvalue weighted by Crippen LogP contribution is -2.18. The maximum atomic E-state index is 6.26. The van der Waals surface area contributed by atoms with Gasteiger partial charge in [-0.25, -0.2) is 0 Å². The van der Waals surface area contributed by atoms with Crippen LogP contribution in [-0.2, 0) is 13.6 Å². The number of fused-ring (bicyclic) bond motifs is 1. The van der Waals surface area contributed by atoms with Gasteiger partial charge in [0.25, 0.3) is 0 Å². The molecule has 0 unspecified atom stereocenters. The van der Waals surface area contributed by atoms with Crippen LogP contribution in [0, 0.1) is 0 Å². The van der Waals surface area contributed by atoms with E-state index in [9.17, 15) is 0 Å². The lowest BCUT2D eigenvalue weighted by molar-refractivity contribution is 0.576. The fourth-order valence-electron chi connectivity index (χ4n) is 2.77. The molecule has 0 fully saturated rings. The molecule has 1 heterocycles. The Bertz CT molecular complexity index is 761. The van der Waals surface area contributed by atoms with Crippen molar-refractivity contribution >= 4 is 22.5 Å². The maximum absolute atomic E-state index is 6.26. The Balaban J connectivity index is 1.79. The lowest BCUT2D eigenvalue weighted by atomic mass is 10.1. The second-order valence-corrected chi connectivity index (χ2v) is 5.81. The molecule has 0 saturated carbocycles. The summed E-state index contributed by atoms with van der Waals surface area (Å²) in [7, 11) is 2.09. The second kappa shape index (κ2) is 5.92. The van der Waals surface area contributed by atoms with Gasteiger partial charge in [0.05, 0.1) is 0 Å². The van der Waals surface area contributed by atoms with Crippen molar-refractivity contribution in [3.63, 3.8) is 0 Å². The zero-order valence-electron chi connectivity index (χ0n) is 12.3. The summed E-state index contributed by atoms with van der Waals surface area (Å²) in [6.07, 6.45) is 2.19. The number of hydrogen-bond donors (Lipinski definition) is 1. The topological polar surface area (TPSA) is 17.0 Å². The summed E-state index contributed by atoms with van der Waals surface area (Å²) >= 11 is 6.26. The van der Waals surface area contributed by atoms with E-state index in [1.807, 2.05) is 18.2 Å². The number of nitrogens with one attached hydrogen (secondary N) is 1. The highest BCUT2D eigenvalue weighted by Gasteiger charge is 2.10. The monoisotopic (exact) mass is 298 g/mol. The van der Waals surface area contributed by atoms with Crippen LogP contribution in [0.3, 0.4) is 0 Å². The minimum Gasteiger partial charge on any atom is -0.350 e. The van der Waals surface area contributed by atoms with Crippen molar-refractivity contribution in [1.82, 2.24) is 9.88 Å². The van der Waals surface area contributed by atoms with E-state index in [1.54, 1.807) is 0 Å². The molecule has 0 aliphatic carbocycles. The van der Waals surface area contributed by atoms with Crippen LogP contribution in [0.15, 0.2) is 54.7 Å². The van der Waals surface area contributed by atoms with Crippen LogP contribution in [0.1, 0.15) is 24.1 Å². The molecule has 108 valence electrons. The highest BCUT2D eigenvalue weighted by molar-refractivity contribution is 6.31. The zero-order valence-corrected chi connectivity index (χ0v) is 13.1. The van der Waals surface area contributed by atoms with Crippen LogP contribution in [0.25, 0.3) is 10.9 Å². The van der Waals surface area contributed by atoms with Crippen molar-refractivity contribution in [3.8, 4) is 0 Å². The summed E-state index contributed by atoms with van der Waals surface area (Å²) in [6.45, 7) is 2.97. The first kappa shape index (κ1) is 14.2.